The topological polar surface area (TPSA) is 84.5 Å². The maximum atomic E-state index is 9.41. The highest BCUT2D eigenvalue weighted by Crippen LogP contribution is 2.33. The van der Waals surface area contributed by atoms with Crippen molar-refractivity contribution in [3.8, 4) is 11.5 Å². The Morgan fingerprint density at radius 3 is 2.87 bits per heavy atom. The van der Waals surface area contributed by atoms with E-state index in [0.717, 1.165) is 25.9 Å². The summed E-state index contributed by atoms with van der Waals surface area (Å²) in [6.45, 7) is 1.75. The smallest absolute Gasteiger partial charge is 0.222 e. The molecule has 3 N–H and O–H groups in total. The van der Waals surface area contributed by atoms with Crippen molar-refractivity contribution in [3.05, 3.63) is 35.5 Å². The number of anilines is 2. The molecular weight excluding hydrogens is 316 g/mol. The van der Waals surface area contributed by atoms with Gasteiger partial charge in [0.15, 0.2) is 11.6 Å². The molecule has 0 bridgehead atoms. The molecule has 6 nitrogen and oxygen atoms in total. The van der Waals surface area contributed by atoms with Gasteiger partial charge in [0, 0.05) is 24.7 Å². The van der Waals surface area contributed by atoms with Crippen LogP contribution in [0.15, 0.2) is 30.5 Å². The first-order valence-electron chi connectivity index (χ1n) is 7.57. The minimum atomic E-state index is 0.171. The summed E-state index contributed by atoms with van der Waals surface area (Å²) in [5, 5.41) is 10.1. The first-order valence-corrected chi connectivity index (χ1v) is 7.95. The third kappa shape index (κ3) is 3.83. The van der Waals surface area contributed by atoms with Gasteiger partial charge >= 0.3 is 0 Å². The van der Waals surface area contributed by atoms with Gasteiger partial charge in [-0.25, -0.2) is 4.98 Å². The summed E-state index contributed by atoms with van der Waals surface area (Å²) in [7, 11) is 0. The molecule has 1 unspecified atom stereocenters. The van der Waals surface area contributed by atoms with Crippen LogP contribution in [0, 0.1) is 5.92 Å². The molecular formula is C16H19ClN4O2. The molecule has 1 aromatic carbocycles. The van der Waals surface area contributed by atoms with Gasteiger partial charge in [0.05, 0.1) is 6.20 Å². The predicted octanol–water partition coefficient (Wildman–Crippen LogP) is 2.71. The van der Waals surface area contributed by atoms with Gasteiger partial charge in [0.2, 0.25) is 5.95 Å². The van der Waals surface area contributed by atoms with Crippen molar-refractivity contribution in [1.82, 2.24) is 9.97 Å². The molecule has 0 saturated carbocycles. The zero-order valence-corrected chi connectivity index (χ0v) is 13.4. The van der Waals surface area contributed by atoms with E-state index in [4.69, 9.17) is 22.1 Å². The van der Waals surface area contributed by atoms with Crippen LogP contribution in [0.3, 0.4) is 0 Å². The molecule has 1 saturated heterocycles. The molecule has 122 valence electrons. The van der Waals surface area contributed by atoms with Gasteiger partial charge in [-0.05, 0) is 43.0 Å². The molecule has 1 atom stereocenters. The number of hydrogen-bond donors (Lipinski definition) is 2. The number of aliphatic hydroxyl groups excluding tert-OH is 1. The second-order valence-corrected chi connectivity index (χ2v) is 6.05. The van der Waals surface area contributed by atoms with Crippen molar-refractivity contribution in [2.75, 3.05) is 30.3 Å². The second-order valence-electron chi connectivity index (χ2n) is 5.61. The van der Waals surface area contributed by atoms with Crippen LogP contribution in [0.5, 0.6) is 11.5 Å². The summed E-state index contributed by atoms with van der Waals surface area (Å²) >= 11 is 5.89. The normalized spacial score (nSPS) is 18.0. The van der Waals surface area contributed by atoms with E-state index < -0.39 is 0 Å². The number of nitrogens with two attached hydrogens (primary N) is 1. The van der Waals surface area contributed by atoms with Crippen LogP contribution in [0.1, 0.15) is 12.8 Å². The highest BCUT2D eigenvalue weighted by Gasteiger charge is 2.23. The number of halogens is 1. The van der Waals surface area contributed by atoms with Gasteiger partial charge < -0.3 is 20.5 Å². The monoisotopic (exact) mass is 334 g/mol. The van der Waals surface area contributed by atoms with Crippen LogP contribution in [-0.2, 0) is 0 Å². The molecule has 2 aromatic rings. The van der Waals surface area contributed by atoms with E-state index >= 15 is 0 Å². The summed E-state index contributed by atoms with van der Waals surface area (Å²) in [5.41, 5.74) is 5.74. The van der Waals surface area contributed by atoms with Gasteiger partial charge in [-0.3, -0.25) is 0 Å². The van der Waals surface area contributed by atoms with Crippen molar-refractivity contribution >= 4 is 23.4 Å². The summed E-state index contributed by atoms with van der Waals surface area (Å²) in [6, 6.07) is 7.10. The molecule has 0 radical (unpaired) electrons. The highest BCUT2D eigenvalue weighted by molar-refractivity contribution is 6.30. The summed E-state index contributed by atoms with van der Waals surface area (Å²) in [4.78, 5) is 10.5. The Hall–Kier alpha value is -2.05. The zero-order chi connectivity index (χ0) is 16.2. The number of aromatic nitrogens is 2. The van der Waals surface area contributed by atoms with Crippen molar-refractivity contribution in [2.24, 2.45) is 5.92 Å². The van der Waals surface area contributed by atoms with E-state index in [0.29, 0.717) is 22.3 Å². The molecule has 1 aliphatic heterocycles. The lowest BCUT2D eigenvalue weighted by molar-refractivity contribution is 0.208. The number of nitrogen functional groups attached to an aromatic ring is 1. The average molecular weight is 335 g/mol. The Labute approximate surface area is 139 Å². The van der Waals surface area contributed by atoms with Crippen molar-refractivity contribution in [3.63, 3.8) is 0 Å². The molecule has 1 aromatic heterocycles. The van der Waals surface area contributed by atoms with Crippen LogP contribution in [0.2, 0.25) is 5.02 Å². The first kappa shape index (κ1) is 15.8. The number of benzene rings is 1. The second kappa shape index (κ2) is 7.02. The number of nitrogens with zero attached hydrogens (tertiary/aromatic N) is 3. The Bertz CT molecular complexity index is 666. The Kier molecular flexibility index (Phi) is 4.83. The molecule has 0 spiro atoms. The van der Waals surface area contributed by atoms with E-state index in [1.54, 1.807) is 30.5 Å². The van der Waals surface area contributed by atoms with E-state index in [1.807, 2.05) is 0 Å². The molecule has 1 fully saturated rings. The molecule has 2 heterocycles. The van der Waals surface area contributed by atoms with Crippen LogP contribution < -0.4 is 15.4 Å². The molecule has 0 aliphatic carbocycles. The number of rotatable bonds is 4. The lowest BCUT2D eigenvalue weighted by atomic mass is 9.99. The standard InChI is InChI=1S/C16H19ClN4O2/c17-12-3-5-13(6-4-12)23-14-8-19-16(18)20-15(14)21-7-1-2-11(9-21)10-22/h3-6,8,11,22H,1-2,7,9-10H2,(H2,18,19,20). The van der Waals surface area contributed by atoms with Crippen molar-refractivity contribution in [2.45, 2.75) is 12.8 Å². The van der Waals surface area contributed by atoms with Gasteiger partial charge in [0.25, 0.3) is 0 Å². The fourth-order valence-electron chi connectivity index (χ4n) is 2.71. The van der Waals surface area contributed by atoms with E-state index in [9.17, 15) is 5.11 Å². The maximum absolute atomic E-state index is 9.41. The molecule has 3 rings (SSSR count). The third-order valence-electron chi connectivity index (χ3n) is 3.87. The number of ether oxygens (including phenoxy) is 1. The fraction of sp³-hybridized carbons (Fsp3) is 0.375. The SMILES string of the molecule is Nc1ncc(Oc2ccc(Cl)cc2)c(N2CCCC(CO)C2)n1. The summed E-state index contributed by atoms with van der Waals surface area (Å²) in [6.07, 6.45) is 3.59. The fourth-order valence-corrected chi connectivity index (χ4v) is 2.84. The lowest BCUT2D eigenvalue weighted by Gasteiger charge is -2.33. The molecule has 1 aliphatic rings. The predicted molar refractivity (Wildman–Crippen MR) is 90.0 cm³/mol. The van der Waals surface area contributed by atoms with Crippen molar-refractivity contribution in [1.29, 1.82) is 0 Å². The molecule has 23 heavy (non-hydrogen) atoms. The van der Waals surface area contributed by atoms with Crippen LogP contribution in [0.4, 0.5) is 11.8 Å². The van der Waals surface area contributed by atoms with Gasteiger partial charge in [-0.2, -0.15) is 4.98 Å². The van der Waals surface area contributed by atoms with E-state index in [1.165, 1.54) is 0 Å². The zero-order valence-electron chi connectivity index (χ0n) is 12.7. The Morgan fingerprint density at radius 1 is 1.35 bits per heavy atom. The minimum absolute atomic E-state index is 0.171. The summed E-state index contributed by atoms with van der Waals surface area (Å²) in [5.74, 6) is 2.29. The van der Waals surface area contributed by atoms with E-state index in [2.05, 4.69) is 14.9 Å². The van der Waals surface area contributed by atoms with Crippen LogP contribution in [0.25, 0.3) is 0 Å². The Morgan fingerprint density at radius 2 is 2.13 bits per heavy atom. The molecule has 0 amide bonds. The van der Waals surface area contributed by atoms with Crippen molar-refractivity contribution < 1.29 is 9.84 Å². The van der Waals surface area contributed by atoms with Gasteiger partial charge in [0.1, 0.15) is 5.75 Å². The van der Waals surface area contributed by atoms with Gasteiger partial charge in [-0.15, -0.1) is 0 Å². The minimum Gasteiger partial charge on any atom is -0.452 e. The van der Waals surface area contributed by atoms with Crippen LogP contribution in [-0.4, -0.2) is 34.8 Å². The first-order chi connectivity index (χ1) is 11.2. The largest absolute Gasteiger partial charge is 0.452 e. The van der Waals surface area contributed by atoms with Crippen LogP contribution >= 0.6 is 11.6 Å². The third-order valence-corrected chi connectivity index (χ3v) is 4.13. The number of aliphatic hydroxyl groups is 1. The molecule has 7 heteroatoms. The summed E-state index contributed by atoms with van der Waals surface area (Å²) < 4.78 is 5.90. The van der Waals surface area contributed by atoms with E-state index in [-0.39, 0.29) is 18.5 Å². The Balaban J connectivity index is 1.86. The quantitative estimate of drug-likeness (QED) is 0.894. The number of piperidine rings is 1. The number of hydrogen-bond acceptors (Lipinski definition) is 6. The maximum Gasteiger partial charge on any atom is 0.222 e. The van der Waals surface area contributed by atoms with Gasteiger partial charge in [-0.1, -0.05) is 11.6 Å². The lowest BCUT2D eigenvalue weighted by Crippen LogP contribution is -2.37. The highest BCUT2D eigenvalue weighted by atomic mass is 35.5. The average Bonchev–Trinajstić information content (AvgIpc) is 2.58.